The third kappa shape index (κ3) is 5.47. The van der Waals surface area contributed by atoms with E-state index in [1.165, 1.54) is 32.4 Å². The fraction of sp³-hybridized carbons (Fsp3) is 0.435. The fourth-order valence-corrected chi connectivity index (χ4v) is 2.80. The van der Waals surface area contributed by atoms with Crippen LogP contribution in [0.3, 0.4) is 0 Å². The Morgan fingerprint density at radius 1 is 1.22 bits per heavy atom. The Balaban J connectivity index is 0.000000451. The van der Waals surface area contributed by atoms with Crippen LogP contribution in [0, 0.1) is 31.1 Å². The van der Waals surface area contributed by atoms with Crippen LogP contribution in [0.1, 0.15) is 74.3 Å². The first kappa shape index (κ1) is 20.8. The van der Waals surface area contributed by atoms with Crippen molar-refractivity contribution >= 4 is 11.1 Å². The molecule has 0 N–H and O–H groups in total. The van der Waals surface area contributed by atoms with E-state index in [2.05, 4.69) is 23.0 Å². The van der Waals surface area contributed by atoms with Crippen molar-refractivity contribution in [2.24, 2.45) is 5.92 Å². The largest absolute Gasteiger partial charge is 0.261 e. The van der Waals surface area contributed by atoms with Crippen molar-refractivity contribution in [1.29, 1.82) is 5.26 Å². The number of pyridine rings is 2. The molecule has 1 aliphatic rings. The molecule has 0 radical (unpaired) electrons. The molecule has 0 amide bonds. The van der Waals surface area contributed by atoms with E-state index in [1.807, 2.05) is 32.9 Å². The monoisotopic (exact) mass is 365 g/mol. The lowest BCUT2D eigenvalue weighted by Gasteiger charge is -2.18. The number of allylic oxidation sites excluding steroid dienone is 2. The van der Waals surface area contributed by atoms with Crippen molar-refractivity contribution in [3.8, 4) is 6.07 Å². The van der Waals surface area contributed by atoms with Gasteiger partial charge in [-0.3, -0.25) is 9.97 Å². The van der Waals surface area contributed by atoms with E-state index >= 15 is 0 Å². The van der Waals surface area contributed by atoms with Gasteiger partial charge in [0.15, 0.2) is 0 Å². The molecule has 0 aliphatic heterocycles. The highest BCUT2D eigenvalue weighted by Gasteiger charge is 2.14. The van der Waals surface area contributed by atoms with Gasteiger partial charge in [0.2, 0.25) is 0 Å². The first-order chi connectivity index (χ1) is 12.8. The standard InChI is InChI=1S/C18H18FN3.C5H10/c1-11-5-6-18(22-9-11)12(2)17(8-20)16-7-15(13(3)19)10-21-14(16)4;1-5-3-2-4-5/h5-7,9-10,13H,1-4H3;5H,2-4H2,1H3/b17-12+;. The summed E-state index contributed by atoms with van der Waals surface area (Å²) in [5.41, 5.74) is 4.86. The number of hydrogen-bond donors (Lipinski definition) is 0. The second-order valence-corrected chi connectivity index (χ2v) is 7.39. The molecule has 0 saturated heterocycles. The van der Waals surface area contributed by atoms with Crippen LogP contribution in [0.15, 0.2) is 30.6 Å². The minimum absolute atomic E-state index is 0.470. The Hall–Kier alpha value is -2.54. The second-order valence-electron chi connectivity index (χ2n) is 7.39. The summed E-state index contributed by atoms with van der Waals surface area (Å²) in [6.07, 6.45) is 6.61. The molecule has 2 heterocycles. The smallest absolute Gasteiger partial charge is 0.124 e. The van der Waals surface area contributed by atoms with Gasteiger partial charge in [-0.25, -0.2) is 4.39 Å². The molecule has 142 valence electrons. The van der Waals surface area contributed by atoms with Gasteiger partial charge in [0.25, 0.3) is 0 Å². The van der Waals surface area contributed by atoms with E-state index in [0.717, 1.165) is 22.7 Å². The number of halogens is 1. The summed E-state index contributed by atoms with van der Waals surface area (Å²) >= 11 is 0. The highest BCUT2D eigenvalue weighted by Crippen LogP contribution is 2.28. The molecule has 0 spiro atoms. The summed E-state index contributed by atoms with van der Waals surface area (Å²) in [5.74, 6) is 1.06. The van der Waals surface area contributed by atoms with Crippen molar-refractivity contribution in [3.63, 3.8) is 0 Å². The van der Waals surface area contributed by atoms with Crippen LogP contribution in [-0.2, 0) is 0 Å². The molecular weight excluding hydrogens is 337 g/mol. The third-order valence-corrected chi connectivity index (χ3v) is 5.01. The van der Waals surface area contributed by atoms with Crippen LogP contribution in [0.2, 0.25) is 0 Å². The maximum Gasteiger partial charge on any atom is 0.124 e. The van der Waals surface area contributed by atoms with Crippen molar-refractivity contribution < 1.29 is 4.39 Å². The number of nitriles is 1. The summed E-state index contributed by atoms with van der Waals surface area (Å²) < 4.78 is 13.5. The maximum absolute atomic E-state index is 13.5. The fourth-order valence-electron chi connectivity index (χ4n) is 2.80. The summed E-state index contributed by atoms with van der Waals surface area (Å²) in [6, 6.07) is 7.74. The minimum Gasteiger partial charge on any atom is -0.261 e. The van der Waals surface area contributed by atoms with Gasteiger partial charge in [0, 0.05) is 29.2 Å². The molecule has 1 aliphatic carbocycles. The van der Waals surface area contributed by atoms with Crippen LogP contribution < -0.4 is 0 Å². The summed E-state index contributed by atoms with van der Waals surface area (Å²) in [7, 11) is 0. The topological polar surface area (TPSA) is 49.6 Å². The third-order valence-electron chi connectivity index (χ3n) is 5.01. The van der Waals surface area contributed by atoms with E-state index in [4.69, 9.17) is 0 Å². The minimum atomic E-state index is -1.12. The Kier molecular flexibility index (Phi) is 7.24. The summed E-state index contributed by atoms with van der Waals surface area (Å²) in [6.45, 7) is 9.39. The number of rotatable bonds is 3. The molecule has 0 bridgehead atoms. The van der Waals surface area contributed by atoms with E-state index < -0.39 is 6.17 Å². The SMILES string of the molecule is C/C(=C(/C#N)c1cc(C(C)F)cnc1C)c1ccc(C)cn1.CC1CCC1. The average molecular weight is 365 g/mol. The molecule has 2 aromatic rings. The Bertz CT molecular complexity index is 841. The quantitative estimate of drug-likeness (QED) is 0.593. The first-order valence-corrected chi connectivity index (χ1v) is 9.48. The molecule has 2 aromatic heterocycles. The average Bonchev–Trinajstić information content (AvgIpc) is 2.63. The molecule has 1 atom stereocenters. The van der Waals surface area contributed by atoms with Gasteiger partial charge in [-0.15, -0.1) is 0 Å². The lowest BCUT2D eigenvalue weighted by atomic mass is 9.88. The van der Waals surface area contributed by atoms with Gasteiger partial charge >= 0.3 is 0 Å². The normalized spacial score (nSPS) is 15.6. The van der Waals surface area contributed by atoms with E-state index in [9.17, 15) is 9.65 Å². The molecule has 3 nitrogen and oxygen atoms in total. The van der Waals surface area contributed by atoms with E-state index in [-0.39, 0.29) is 0 Å². The van der Waals surface area contributed by atoms with Gasteiger partial charge in [-0.2, -0.15) is 5.26 Å². The number of alkyl halides is 1. The zero-order valence-corrected chi connectivity index (χ0v) is 16.9. The van der Waals surface area contributed by atoms with Crippen molar-refractivity contribution in [2.75, 3.05) is 0 Å². The molecular formula is C23H28FN3. The van der Waals surface area contributed by atoms with Crippen LogP contribution in [-0.4, -0.2) is 9.97 Å². The summed E-state index contributed by atoms with van der Waals surface area (Å²) in [5, 5.41) is 9.56. The Morgan fingerprint density at radius 2 is 1.89 bits per heavy atom. The summed E-state index contributed by atoms with van der Waals surface area (Å²) in [4.78, 5) is 8.57. The highest BCUT2D eigenvalue weighted by molar-refractivity contribution is 5.96. The van der Waals surface area contributed by atoms with Crippen molar-refractivity contribution in [3.05, 3.63) is 58.7 Å². The number of aryl methyl sites for hydroxylation is 2. The van der Waals surface area contributed by atoms with E-state index in [0.29, 0.717) is 22.4 Å². The van der Waals surface area contributed by atoms with Gasteiger partial charge < -0.3 is 0 Å². The molecule has 27 heavy (non-hydrogen) atoms. The zero-order valence-electron chi connectivity index (χ0n) is 16.9. The predicted octanol–water partition coefficient (Wildman–Crippen LogP) is 6.38. The number of hydrogen-bond acceptors (Lipinski definition) is 3. The second kappa shape index (κ2) is 9.41. The predicted molar refractivity (Wildman–Crippen MR) is 109 cm³/mol. The van der Waals surface area contributed by atoms with Crippen LogP contribution in [0.4, 0.5) is 4.39 Å². The molecule has 0 aromatic carbocycles. The lowest BCUT2D eigenvalue weighted by molar-refractivity contribution is 0.346. The molecule has 3 rings (SSSR count). The van der Waals surface area contributed by atoms with Gasteiger partial charge in [0.05, 0.1) is 11.3 Å². The molecule has 1 fully saturated rings. The van der Waals surface area contributed by atoms with Crippen LogP contribution in [0.25, 0.3) is 11.1 Å². The Labute approximate surface area is 162 Å². The molecule has 4 heteroatoms. The van der Waals surface area contributed by atoms with Crippen LogP contribution >= 0.6 is 0 Å². The van der Waals surface area contributed by atoms with Gasteiger partial charge in [0.1, 0.15) is 12.2 Å². The van der Waals surface area contributed by atoms with Gasteiger partial charge in [-0.05, 0) is 56.9 Å². The van der Waals surface area contributed by atoms with E-state index in [1.54, 1.807) is 12.3 Å². The molecule has 1 saturated carbocycles. The highest BCUT2D eigenvalue weighted by atomic mass is 19.1. The lowest BCUT2D eigenvalue weighted by Crippen LogP contribution is -2.04. The Morgan fingerprint density at radius 3 is 2.33 bits per heavy atom. The van der Waals surface area contributed by atoms with Crippen molar-refractivity contribution in [1.82, 2.24) is 9.97 Å². The first-order valence-electron chi connectivity index (χ1n) is 9.48. The number of aromatic nitrogens is 2. The maximum atomic E-state index is 13.5. The zero-order chi connectivity index (χ0) is 20.0. The molecule has 1 unspecified atom stereocenters. The van der Waals surface area contributed by atoms with Gasteiger partial charge in [-0.1, -0.05) is 32.3 Å². The van der Waals surface area contributed by atoms with Crippen LogP contribution in [0.5, 0.6) is 0 Å². The van der Waals surface area contributed by atoms with Crippen molar-refractivity contribution in [2.45, 2.75) is 60.1 Å². The number of nitrogens with zero attached hydrogens (tertiary/aromatic N) is 3.